The summed E-state index contributed by atoms with van der Waals surface area (Å²) in [6.45, 7) is 1.55. The van der Waals surface area contributed by atoms with Crippen molar-refractivity contribution in [3.05, 3.63) is 35.8 Å². The van der Waals surface area contributed by atoms with Crippen molar-refractivity contribution in [2.24, 2.45) is 0 Å². The van der Waals surface area contributed by atoms with Crippen LogP contribution in [0.5, 0.6) is 0 Å². The zero-order valence-electron chi connectivity index (χ0n) is 13.0. The van der Waals surface area contributed by atoms with Crippen LogP contribution < -0.4 is 10.2 Å². The molecule has 10 heteroatoms. The molecule has 0 aliphatic carbocycles. The number of anilines is 2. The van der Waals surface area contributed by atoms with Gasteiger partial charge in [-0.1, -0.05) is 0 Å². The van der Waals surface area contributed by atoms with Crippen LogP contribution in [0, 0.1) is 11.3 Å². The molecule has 1 aliphatic rings. The zero-order chi connectivity index (χ0) is 17.9. The minimum absolute atomic E-state index is 0.0542. The van der Waals surface area contributed by atoms with Crippen LogP contribution in [0.2, 0.25) is 0 Å². The van der Waals surface area contributed by atoms with Gasteiger partial charge in [-0.25, -0.2) is 0 Å². The fourth-order valence-electron chi connectivity index (χ4n) is 2.63. The van der Waals surface area contributed by atoms with Crippen molar-refractivity contribution in [1.29, 1.82) is 5.26 Å². The van der Waals surface area contributed by atoms with Crippen LogP contribution in [-0.4, -0.2) is 33.7 Å². The summed E-state index contributed by atoms with van der Waals surface area (Å²) in [6, 6.07) is 5.43. The molecule has 1 aliphatic heterocycles. The van der Waals surface area contributed by atoms with Crippen LogP contribution in [0.1, 0.15) is 24.2 Å². The van der Waals surface area contributed by atoms with Crippen LogP contribution in [-0.2, 0) is 6.18 Å². The third-order valence-corrected chi connectivity index (χ3v) is 3.85. The van der Waals surface area contributed by atoms with Crippen molar-refractivity contribution >= 4 is 16.9 Å². The van der Waals surface area contributed by atoms with E-state index in [2.05, 4.69) is 25.9 Å². The van der Waals surface area contributed by atoms with Crippen molar-refractivity contribution < 1.29 is 13.2 Å². The highest BCUT2D eigenvalue weighted by molar-refractivity contribution is 5.78. The van der Waals surface area contributed by atoms with E-state index in [1.54, 1.807) is 0 Å². The van der Waals surface area contributed by atoms with Gasteiger partial charge >= 0.3 is 6.18 Å². The topological polar surface area (TPSA) is 93.5 Å². The smallest absolute Gasteiger partial charge is 0.370 e. The third kappa shape index (κ3) is 3.71. The number of H-pyrrole nitrogens is 1. The summed E-state index contributed by atoms with van der Waals surface area (Å²) >= 11 is 0. The lowest BCUT2D eigenvalue weighted by Gasteiger charge is -2.22. The Labute approximate surface area is 141 Å². The standard InChI is InChI=1S/C15H14F3N7/c16-15(17,18)11-3-4-13(25-5-1-2-6-25)12(7-11)20-9-10(8-19)14-21-23-24-22-14/h3-4,7,9,20H,1-2,5-6H2,(H,21,22,23,24). The van der Waals surface area contributed by atoms with Gasteiger partial charge < -0.3 is 10.2 Å². The number of nitrogens with one attached hydrogen (secondary N) is 2. The number of benzene rings is 1. The first-order valence-electron chi connectivity index (χ1n) is 7.56. The quantitative estimate of drug-likeness (QED) is 0.825. The molecule has 130 valence electrons. The molecular formula is C15H14F3N7. The van der Waals surface area contributed by atoms with Gasteiger partial charge in [0, 0.05) is 19.3 Å². The summed E-state index contributed by atoms with van der Waals surface area (Å²) in [5.41, 5.74) is 0.225. The number of allylic oxidation sites excluding steroid dienone is 1. The number of hydrogen-bond acceptors (Lipinski definition) is 6. The van der Waals surface area contributed by atoms with Crippen molar-refractivity contribution in [2.45, 2.75) is 19.0 Å². The number of nitrogens with zero attached hydrogens (tertiary/aromatic N) is 5. The molecule has 1 aromatic heterocycles. The van der Waals surface area contributed by atoms with E-state index < -0.39 is 11.7 Å². The highest BCUT2D eigenvalue weighted by atomic mass is 19.4. The van der Waals surface area contributed by atoms with Gasteiger partial charge in [0.25, 0.3) is 0 Å². The van der Waals surface area contributed by atoms with Gasteiger partial charge in [0.1, 0.15) is 11.6 Å². The molecule has 0 bridgehead atoms. The SMILES string of the molecule is N#CC(=CNc1cc(C(F)(F)F)ccc1N1CCCC1)c1nn[nH]n1. The second kappa shape index (κ2) is 6.80. The van der Waals surface area contributed by atoms with Gasteiger partial charge in [-0.3, -0.25) is 0 Å². The maximum absolute atomic E-state index is 13.0. The number of aromatic nitrogens is 4. The zero-order valence-corrected chi connectivity index (χ0v) is 13.0. The summed E-state index contributed by atoms with van der Waals surface area (Å²) < 4.78 is 39.1. The number of rotatable bonds is 4. The number of nitriles is 1. The first-order valence-corrected chi connectivity index (χ1v) is 7.56. The molecule has 1 saturated heterocycles. The van der Waals surface area contributed by atoms with Crippen LogP contribution in [0.3, 0.4) is 0 Å². The minimum Gasteiger partial charge on any atom is -0.370 e. The maximum atomic E-state index is 13.0. The fraction of sp³-hybridized carbons (Fsp3) is 0.333. The second-order valence-corrected chi connectivity index (χ2v) is 5.47. The van der Waals surface area contributed by atoms with Gasteiger partial charge in [-0.2, -0.15) is 23.6 Å². The van der Waals surface area contributed by atoms with E-state index in [9.17, 15) is 18.4 Å². The van der Waals surface area contributed by atoms with Crippen LogP contribution in [0.15, 0.2) is 24.4 Å². The molecule has 7 nitrogen and oxygen atoms in total. The Morgan fingerprint density at radius 2 is 2.08 bits per heavy atom. The number of tetrazole rings is 1. The Bertz CT molecular complexity index is 800. The predicted octanol–water partition coefficient (Wildman–Crippen LogP) is 2.80. The number of hydrogen-bond donors (Lipinski definition) is 2. The highest BCUT2D eigenvalue weighted by Crippen LogP contribution is 2.36. The van der Waals surface area contributed by atoms with E-state index in [0.29, 0.717) is 5.69 Å². The Hall–Kier alpha value is -3.09. The molecule has 0 saturated carbocycles. The van der Waals surface area contributed by atoms with E-state index in [0.717, 1.165) is 38.1 Å². The van der Waals surface area contributed by atoms with Gasteiger partial charge in [0.15, 0.2) is 0 Å². The summed E-state index contributed by atoms with van der Waals surface area (Å²) in [5, 5.41) is 24.9. The third-order valence-electron chi connectivity index (χ3n) is 3.85. The average Bonchev–Trinajstić information content (AvgIpc) is 3.28. The monoisotopic (exact) mass is 349 g/mol. The lowest BCUT2D eigenvalue weighted by Crippen LogP contribution is -2.19. The highest BCUT2D eigenvalue weighted by Gasteiger charge is 2.31. The maximum Gasteiger partial charge on any atom is 0.416 e. The first kappa shape index (κ1) is 16.8. The lowest BCUT2D eigenvalue weighted by molar-refractivity contribution is -0.137. The van der Waals surface area contributed by atoms with E-state index in [1.807, 2.05) is 11.0 Å². The van der Waals surface area contributed by atoms with Crippen LogP contribution in [0.25, 0.3) is 5.57 Å². The van der Waals surface area contributed by atoms with E-state index in [1.165, 1.54) is 12.3 Å². The number of halogens is 3. The molecule has 2 aromatic rings. The summed E-state index contributed by atoms with van der Waals surface area (Å²) in [7, 11) is 0. The largest absolute Gasteiger partial charge is 0.416 e. The molecule has 3 rings (SSSR count). The molecular weight excluding hydrogens is 335 g/mol. The van der Waals surface area contributed by atoms with Crippen molar-refractivity contribution in [2.75, 3.05) is 23.3 Å². The van der Waals surface area contributed by atoms with Gasteiger partial charge in [-0.05, 0) is 36.3 Å². The number of alkyl halides is 3. The Morgan fingerprint density at radius 3 is 2.68 bits per heavy atom. The molecule has 2 N–H and O–H groups in total. The fourth-order valence-corrected chi connectivity index (χ4v) is 2.63. The summed E-state index contributed by atoms with van der Waals surface area (Å²) in [4.78, 5) is 2.01. The Kier molecular flexibility index (Phi) is 4.56. The second-order valence-electron chi connectivity index (χ2n) is 5.47. The summed E-state index contributed by atoms with van der Waals surface area (Å²) in [6.07, 6.45) is -1.19. The first-order chi connectivity index (χ1) is 12.0. The van der Waals surface area contributed by atoms with Crippen molar-refractivity contribution in [3.63, 3.8) is 0 Å². The molecule has 25 heavy (non-hydrogen) atoms. The van der Waals surface area contributed by atoms with Gasteiger partial charge in [0.2, 0.25) is 5.82 Å². The Morgan fingerprint density at radius 1 is 1.32 bits per heavy atom. The Balaban J connectivity index is 1.95. The normalized spacial score (nSPS) is 15.3. The van der Waals surface area contributed by atoms with Crippen molar-refractivity contribution in [3.8, 4) is 6.07 Å². The minimum atomic E-state index is -4.45. The van der Waals surface area contributed by atoms with Crippen molar-refractivity contribution in [1.82, 2.24) is 20.6 Å². The van der Waals surface area contributed by atoms with Gasteiger partial charge in [-0.15, -0.1) is 10.2 Å². The van der Waals surface area contributed by atoms with E-state index >= 15 is 0 Å². The number of aromatic amines is 1. The summed E-state index contributed by atoms with van der Waals surface area (Å²) in [5.74, 6) is 0.0599. The molecule has 0 unspecified atom stereocenters. The molecule has 0 radical (unpaired) electrons. The molecule has 2 heterocycles. The molecule has 1 fully saturated rings. The molecule has 0 spiro atoms. The predicted molar refractivity (Wildman–Crippen MR) is 84.3 cm³/mol. The van der Waals surface area contributed by atoms with E-state index in [-0.39, 0.29) is 17.1 Å². The average molecular weight is 349 g/mol. The molecule has 1 aromatic carbocycles. The van der Waals surface area contributed by atoms with E-state index in [4.69, 9.17) is 0 Å². The molecule has 0 atom stereocenters. The van der Waals surface area contributed by atoms with Crippen LogP contribution in [0.4, 0.5) is 24.5 Å². The molecule has 0 amide bonds. The lowest BCUT2D eigenvalue weighted by atomic mass is 10.1. The van der Waals surface area contributed by atoms with Gasteiger partial charge in [0.05, 0.1) is 16.9 Å². The van der Waals surface area contributed by atoms with Crippen LogP contribution >= 0.6 is 0 Å².